The van der Waals surface area contributed by atoms with E-state index in [9.17, 15) is 14.4 Å². The number of carbonyl (C=O) groups is 3. The van der Waals surface area contributed by atoms with Crippen molar-refractivity contribution in [3.8, 4) is 0 Å². The standard InChI is InChI=1S/C17H22BrN3O3.ClH/c1-10(2)14(19)6-7-20(3)15(22)9-21-16(23)12-5-4-11(18)8-13(12)17(21)24;/h4-5,8,10,14H,6-7,9,19H2,1-3H3;1H. The minimum absolute atomic E-state index is 0. The first kappa shape index (κ1) is 21.6. The van der Waals surface area contributed by atoms with Crippen LogP contribution in [0.1, 0.15) is 41.0 Å². The molecular weight excluding hydrogens is 410 g/mol. The van der Waals surface area contributed by atoms with E-state index in [1.807, 2.05) is 13.8 Å². The van der Waals surface area contributed by atoms with E-state index in [0.29, 0.717) is 30.0 Å². The summed E-state index contributed by atoms with van der Waals surface area (Å²) in [5.74, 6) is -0.803. The highest BCUT2D eigenvalue weighted by atomic mass is 79.9. The van der Waals surface area contributed by atoms with Crippen molar-refractivity contribution in [2.24, 2.45) is 11.7 Å². The number of hydrogen-bond donors (Lipinski definition) is 1. The van der Waals surface area contributed by atoms with Crippen LogP contribution in [0, 0.1) is 5.92 Å². The molecule has 0 radical (unpaired) electrons. The molecule has 1 heterocycles. The van der Waals surface area contributed by atoms with Crippen LogP contribution < -0.4 is 5.73 Å². The molecule has 25 heavy (non-hydrogen) atoms. The fraction of sp³-hybridized carbons (Fsp3) is 0.471. The van der Waals surface area contributed by atoms with Crippen molar-refractivity contribution in [1.29, 1.82) is 0 Å². The zero-order valence-corrected chi connectivity index (χ0v) is 16.9. The van der Waals surface area contributed by atoms with Crippen LogP contribution in [0.4, 0.5) is 0 Å². The molecule has 1 unspecified atom stereocenters. The maximum absolute atomic E-state index is 12.4. The average molecular weight is 433 g/mol. The van der Waals surface area contributed by atoms with Gasteiger partial charge >= 0.3 is 0 Å². The Morgan fingerprint density at radius 3 is 2.44 bits per heavy atom. The summed E-state index contributed by atoms with van der Waals surface area (Å²) in [6.07, 6.45) is 0.676. The Labute approximate surface area is 162 Å². The molecule has 0 bridgehead atoms. The first-order valence-corrected chi connectivity index (χ1v) is 8.67. The summed E-state index contributed by atoms with van der Waals surface area (Å²) in [5, 5.41) is 0. The third-order valence-corrected chi connectivity index (χ3v) is 4.80. The number of nitrogens with two attached hydrogens (primary N) is 1. The van der Waals surface area contributed by atoms with Gasteiger partial charge in [0.1, 0.15) is 6.54 Å². The number of carbonyl (C=O) groups excluding carboxylic acids is 3. The van der Waals surface area contributed by atoms with Crippen LogP contribution >= 0.6 is 28.3 Å². The lowest BCUT2D eigenvalue weighted by Crippen LogP contribution is -2.42. The number of fused-ring (bicyclic) bond motifs is 1. The lowest BCUT2D eigenvalue weighted by Gasteiger charge is -2.23. The third-order valence-electron chi connectivity index (χ3n) is 4.31. The molecule has 6 nitrogen and oxygen atoms in total. The van der Waals surface area contributed by atoms with Crippen LogP contribution in [0.2, 0.25) is 0 Å². The van der Waals surface area contributed by atoms with Gasteiger partial charge in [-0.15, -0.1) is 12.4 Å². The number of nitrogens with zero attached hydrogens (tertiary/aromatic N) is 2. The number of imide groups is 1. The second kappa shape index (κ2) is 8.78. The van der Waals surface area contributed by atoms with Crippen molar-refractivity contribution in [2.75, 3.05) is 20.1 Å². The van der Waals surface area contributed by atoms with E-state index in [1.165, 1.54) is 4.90 Å². The molecule has 0 saturated carbocycles. The molecule has 1 aliphatic heterocycles. The fourth-order valence-electron chi connectivity index (χ4n) is 2.46. The maximum Gasteiger partial charge on any atom is 0.262 e. The molecule has 0 fully saturated rings. The van der Waals surface area contributed by atoms with E-state index in [0.717, 1.165) is 9.37 Å². The highest BCUT2D eigenvalue weighted by Gasteiger charge is 2.37. The predicted octanol–water partition coefficient (Wildman–Crippen LogP) is 2.30. The smallest absolute Gasteiger partial charge is 0.262 e. The van der Waals surface area contributed by atoms with E-state index < -0.39 is 11.8 Å². The molecule has 2 N–H and O–H groups in total. The van der Waals surface area contributed by atoms with Crippen molar-refractivity contribution >= 4 is 46.1 Å². The second-order valence-electron chi connectivity index (χ2n) is 6.40. The second-order valence-corrected chi connectivity index (χ2v) is 7.31. The Balaban J connectivity index is 0.00000312. The number of hydrogen-bond acceptors (Lipinski definition) is 4. The van der Waals surface area contributed by atoms with Crippen LogP contribution in [-0.2, 0) is 4.79 Å². The van der Waals surface area contributed by atoms with Crippen molar-refractivity contribution in [3.05, 3.63) is 33.8 Å². The molecule has 1 aliphatic rings. The van der Waals surface area contributed by atoms with Gasteiger partial charge in [-0.25, -0.2) is 0 Å². The van der Waals surface area contributed by atoms with Crippen molar-refractivity contribution in [2.45, 2.75) is 26.3 Å². The highest BCUT2D eigenvalue weighted by molar-refractivity contribution is 9.10. The minimum atomic E-state index is -0.433. The van der Waals surface area contributed by atoms with Gasteiger partial charge in [0, 0.05) is 24.1 Å². The van der Waals surface area contributed by atoms with Gasteiger partial charge in [0.25, 0.3) is 11.8 Å². The summed E-state index contributed by atoms with van der Waals surface area (Å²) < 4.78 is 0.718. The molecule has 138 valence electrons. The van der Waals surface area contributed by atoms with Gasteiger partial charge in [-0.3, -0.25) is 19.3 Å². The van der Waals surface area contributed by atoms with Crippen molar-refractivity contribution in [1.82, 2.24) is 9.80 Å². The van der Waals surface area contributed by atoms with E-state index in [2.05, 4.69) is 15.9 Å². The Bertz CT molecular complexity index is 681. The molecule has 8 heteroatoms. The third kappa shape index (κ3) is 4.80. The molecule has 0 spiro atoms. The Kier molecular flexibility index (Phi) is 7.59. The minimum Gasteiger partial charge on any atom is -0.344 e. The molecular formula is C17H23BrClN3O3. The molecule has 0 aromatic heterocycles. The van der Waals surface area contributed by atoms with Gasteiger partial charge in [-0.1, -0.05) is 29.8 Å². The first-order valence-electron chi connectivity index (χ1n) is 7.87. The maximum atomic E-state index is 12.4. The van der Waals surface area contributed by atoms with Gasteiger partial charge in [0.2, 0.25) is 5.91 Å². The number of rotatable bonds is 6. The topological polar surface area (TPSA) is 83.7 Å². The normalized spacial score (nSPS) is 14.4. The Hall–Kier alpha value is -1.44. The molecule has 0 saturated heterocycles. The Morgan fingerprint density at radius 2 is 1.84 bits per heavy atom. The number of likely N-dealkylation sites (N-methyl/N-ethyl adjacent to an activating group) is 1. The molecule has 0 aliphatic carbocycles. The van der Waals surface area contributed by atoms with Crippen LogP contribution in [0.3, 0.4) is 0 Å². The van der Waals surface area contributed by atoms with Gasteiger partial charge in [0.05, 0.1) is 11.1 Å². The van der Waals surface area contributed by atoms with Crippen LogP contribution in [-0.4, -0.2) is 53.7 Å². The van der Waals surface area contributed by atoms with E-state index in [-0.39, 0.29) is 30.9 Å². The van der Waals surface area contributed by atoms with E-state index in [4.69, 9.17) is 5.73 Å². The zero-order chi connectivity index (χ0) is 18.0. The quantitative estimate of drug-likeness (QED) is 0.699. The predicted molar refractivity (Wildman–Crippen MR) is 102 cm³/mol. The lowest BCUT2D eigenvalue weighted by atomic mass is 10.0. The monoisotopic (exact) mass is 431 g/mol. The molecule has 2 rings (SSSR count). The average Bonchev–Trinajstić information content (AvgIpc) is 2.76. The van der Waals surface area contributed by atoms with Gasteiger partial charge < -0.3 is 10.6 Å². The summed E-state index contributed by atoms with van der Waals surface area (Å²) >= 11 is 3.28. The Morgan fingerprint density at radius 1 is 1.24 bits per heavy atom. The summed E-state index contributed by atoms with van der Waals surface area (Å²) in [5.41, 5.74) is 6.64. The van der Waals surface area contributed by atoms with Crippen molar-refractivity contribution < 1.29 is 14.4 Å². The number of halogens is 2. The summed E-state index contributed by atoms with van der Waals surface area (Å²) in [4.78, 5) is 39.5. The van der Waals surface area contributed by atoms with Crippen LogP contribution in [0.15, 0.2) is 22.7 Å². The summed E-state index contributed by atoms with van der Waals surface area (Å²) in [7, 11) is 1.66. The SMILES string of the molecule is CC(C)C(N)CCN(C)C(=O)CN1C(=O)c2ccc(Br)cc2C1=O.Cl. The van der Waals surface area contributed by atoms with E-state index >= 15 is 0 Å². The van der Waals surface area contributed by atoms with E-state index in [1.54, 1.807) is 25.2 Å². The van der Waals surface area contributed by atoms with Crippen LogP contribution in [0.25, 0.3) is 0 Å². The van der Waals surface area contributed by atoms with Gasteiger partial charge in [-0.2, -0.15) is 0 Å². The highest BCUT2D eigenvalue weighted by Crippen LogP contribution is 2.25. The van der Waals surface area contributed by atoms with Gasteiger partial charge in [-0.05, 0) is 30.5 Å². The van der Waals surface area contributed by atoms with Crippen molar-refractivity contribution in [3.63, 3.8) is 0 Å². The molecule has 1 aromatic rings. The first-order chi connectivity index (χ1) is 11.2. The zero-order valence-electron chi connectivity index (χ0n) is 14.5. The number of amides is 3. The molecule has 1 atom stereocenters. The van der Waals surface area contributed by atoms with Crippen LogP contribution in [0.5, 0.6) is 0 Å². The summed E-state index contributed by atoms with van der Waals surface area (Å²) in [6, 6.07) is 4.91. The lowest BCUT2D eigenvalue weighted by molar-refractivity contribution is -0.130. The largest absolute Gasteiger partial charge is 0.344 e. The fourth-order valence-corrected chi connectivity index (χ4v) is 2.82. The molecule has 3 amide bonds. The van der Waals surface area contributed by atoms with Gasteiger partial charge in [0.15, 0.2) is 0 Å². The summed E-state index contributed by atoms with van der Waals surface area (Å²) in [6.45, 7) is 4.30. The molecule has 1 aromatic carbocycles. The number of benzene rings is 1.